The van der Waals surface area contributed by atoms with E-state index in [1.165, 1.54) is 0 Å². The van der Waals surface area contributed by atoms with Gasteiger partial charge in [0.15, 0.2) is 0 Å². The Hall–Kier alpha value is -1.10. The molecule has 4 nitrogen and oxygen atoms in total. The summed E-state index contributed by atoms with van der Waals surface area (Å²) in [7, 11) is 0. The van der Waals surface area contributed by atoms with Crippen molar-refractivity contribution in [3.8, 4) is 0 Å². The lowest BCUT2D eigenvalue weighted by Crippen LogP contribution is -2.24. The van der Waals surface area contributed by atoms with Gasteiger partial charge in [0, 0.05) is 24.5 Å². The molecular formula is C10H13ClN2O2. The Morgan fingerprint density at radius 2 is 2.00 bits per heavy atom. The number of benzene rings is 1. The number of amides is 1. The smallest absolute Gasteiger partial charge is 0.244 e. The third-order valence-electron chi connectivity index (χ3n) is 1.90. The van der Waals surface area contributed by atoms with Gasteiger partial charge in [-0.15, -0.1) is 0 Å². The van der Waals surface area contributed by atoms with E-state index in [1.807, 2.05) is 24.3 Å². The van der Waals surface area contributed by atoms with E-state index >= 15 is 0 Å². The number of nitrogens with one attached hydrogen (secondary N) is 2. The predicted octanol–water partition coefficient (Wildman–Crippen LogP) is 1.33. The number of hydroxylamine groups is 1. The van der Waals surface area contributed by atoms with Crippen molar-refractivity contribution < 1.29 is 10.0 Å². The molecule has 82 valence electrons. The van der Waals surface area contributed by atoms with Crippen LogP contribution in [0.15, 0.2) is 24.3 Å². The number of hydrogen-bond acceptors (Lipinski definition) is 3. The first-order valence-corrected chi connectivity index (χ1v) is 4.98. The maximum atomic E-state index is 10.6. The molecule has 0 heterocycles. The fourth-order valence-corrected chi connectivity index (χ4v) is 1.22. The maximum Gasteiger partial charge on any atom is 0.244 e. The van der Waals surface area contributed by atoms with Crippen LogP contribution in [0.2, 0.25) is 5.02 Å². The molecule has 0 spiro atoms. The summed E-state index contributed by atoms with van der Waals surface area (Å²) in [6.07, 6.45) is 0.254. The minimum Gasteiger partial charge on any atom is -0.312 e. The quantitative estimate of drug-likeness (QED) is 0.405. The second-order valence-corrected chi connectivity index (χ2v) is 3.52. The van der Waals surface area contributed by atoms with Gasteiger partial charge in [-0.25, -0.2) is 5.48 Å². The Kier molecular flexibility index (Phi) is 5.10. The van der Waals surface area contributed by atoms with Crippen LogP contribution < -0.4 is 10.8 Å². The molecule has 0 saturated heterocycles. The third kappa shape index (κ3) is 4.78. The van der Waals surface area contributed by atoms with Crippen molar-refractivity contribution in [1.82, 2.24) is 10.8 Å². The maximum absolute atomic E-state index is 10.6. The van der Waals surface area contributed by atoms with Gasteiger partial charge < -0.3 is 5.32 Å². The summed E-state index contributed by atoms with van der Waals surface area (Å²) in [5.74, 6) is -0.390. The number of carbonyl (C=O) groups excluding carboxylic acids is 1. The van der Waals surface area contributed by atoms with Gasteiger partial charge >= 0.3 is 0 Å². The zero-order chi connectivity index (χ0) is 11.1. The monoisotopic (exact) mass is 228 g/mol. The number of rotatable bonds is 5. The third-order valence-corrected chi connectivity index (χ3v) is 2.15. The SMILES string of the molecule is O=C(CCNCc1ccc(Cl)cc1)NO. The van der Waals surface area contributed by atoms with Crippen LogP contribution in [0.4, 0.5) is 0 Å². The van der Waals surface area contributed by atoms with Gasteiger partial charge in [-0.1, -0.05) is 23.7 Å². The van der Waals surface area contributed by atoms with Crippen molar-refractivity contribution in [2.75, 3.05) is 6.54 Å². The predicted molar refractivity (Wildman–Crippen MR) is 57.7 cm³/mol. The molecule has 0 saturated carbocycles. The van der Waals surface area contributed by atoms with Gasteiger partial charge in [-0.05, 0) is 17.7 Å². The van der Waals surface area contributed by atoms with Crippen LogP contribution in [-0.4, -0.2) is 17.7 Å². The van der Waals surface area contributed by atoms with E-state index in [0.29, 0.717) is 18.1 Å². The molecule has 0 radical (unpaired) electrons. The lowest BCUT2D eigenvalue weighted by Gasteiger charge is -2.03. The van der Waals surface area contributed by atoms with Crippen LogP contribution in [0.1, 0.15) is 12.0 Å². The van der Waals surface area contributed by atoms with Crippen LogP contribution in [0, 0.1) is 0 Å². The van der Waals surface area contributed by atoms with E-state index in [0.717, 1.165) is 5.56 Å². The highest BCUT2D eigenvalue weighted by Crippen LogP contribution is 2.08. The number of halogens is 1. The Bertz CT molecular complexity index is 314. The normalized spacial score (nSPS) is 10.0. The van der Waals surface area contributed by atoms with Crippen LogP contribution >= 0.6 is 11.6 Å². The Labute approximate surface area is 93.2 Å². The molecule has 1 amide bonds. The minimum absolute atomic E-state index is 0.254. The fourth-order valence-electron chi connectivity index (χ4n) is 1.09. The zero-order valence-corrected chi connectivity index (χ0v) is 8.92. The Balaban J connectivity index is 2.20. The molecule has 1 aromatic rings. The van der Waals surface area contributed by atoms with Gasteiger partial charge in [-0.3, -0.25) is 10.0 Å². The summed E-state index contributed by atoms with van der Waals surface area (Å²) in [6.45, 7) is 1.20. The summed E-state index contributed by atoms with van der Waals surface area (Å²) in [6, 6.07) is 7.47. The number of hydrogen-bond donors (Lipinski definition) is 3. The molecule has 0 unspecified atom stereocenters. The Morgan fingerprint density at radius 3 is 2.60 bits per heavy atom. The van der Waals surface area contributed by atoms with Crippen molar-refractivity contribution in [3.05, 3.63) is 34.9 Å². The lowest BCUT2D eigenvalue weighted by molar-refractivity contribution is -0.129. The van der Waals surface area contributed by atoms with E-state index in [9.17, 15) is 4.79 Å². The van der Waals surface area contributed by atoms with Crippen molar-refractivity contribution in [2.45, 2.75) is 13.0 Å². The van der Waals surface area contributed by atoms with Gasteiger partial charge in [0.25, 0.3) is 0 Å². The molecule has 0 aliphatic heterocycles. The van der Waals surface area contributed by atoms with Gasteiger partial charge in [0.05, 0.1) is 0 Å². The standard InChI is InChI=1S/C10H13ClN2O2/c11-9-3-1-8(2-4-9)7-12-6-5-10(14)13-15/h1-4,12,15H,5-7H2,(H,13,14). The average molecular weight is 229 g/mol. The molecule has 0 aromatic heterocycles. The molecule has 5 heteroatoms. The van der Waals surface area contributed by atoms with Gasteiger partial charge in [0.2, 0.25) is 5.91 Å². The number of carbonyl (C=O) groups is 1. The van der Waals surface area contributed by atoms with E-state index < -0.39 is 5.91 Å². The molecular weight excluding hydrogens is 216 g/mol. The Morgan fingerprint density at radius 1 is 1.33 bits per heavy atom. The van der Waals surface area contributed by atoms with Crippen LogP contribution in [-0.2, 0) is 11.3 Å². The molecule has 0 fully saturated rings. The molecule has 0 bridgehead atoms. The molecule has 1 aromatic carbocycles. The van der Waals surface area contributed by atoms with E-state index in [1.54, 1.807) is 5.48 Å². The first-order valence-electron chi connectivity index (χ1n) is 4.60. The molecule has 15 heavy (non-hydrogen) atoms. The van der Waals surface area contributed by atoms with E-state index in [2.05, 4.69) is 5.32 Å². The van der Waals surface area contributed by atoms with Crippen molar-refractivity contribution in [1.29, 1.82) is 0 Å². The second-order valence-electron chi connectivity index (χ2n) is 3.09. The minimum atomic E-state index is -0.390. The van der Waals surface area contributed by atoms with Crippen molar-refractivity contribution in [2.24, 2.45) is 0 Å². The van der Waals surface area contributed by atoms with Gasteiger partial charge in [-0.2, -0.15) is 0 Å². The zero-order valence-electron chi connectivity index (χ0n) is 8.16. The van der Waals surface area contributed by atoms with E-state index in [4.69, 9.17) is 16.8 Å². The highest BCUT2D eigenvalue weighted by atomic mass is 35.5. The summed E-state index contributed by atoms with van der Waals surface area (Å²) in [5.41, 5.74) is 2.68. The molecule has 3 N–H and O–H groups in total. The van der Waals surface area contributed by atoms with Crippen molar-refractivity contribution >= 4 is 17.5 Å². The molecule has 0 atom stereocenters. The van der Waals surface area contributed by atoms with Crippen molar-refractivity contribution in [3.63, 3.8) is 0 Å². The first-order chi connectivity index (χ1) is 7.22. The van der Waals surface area contributed by atoms with Crippen LogP contribution in [0.3, 0.4) is 0 Å². The molecule has 1 rings (SSSR count). The average Bonchev–Trinajstić information content (AvgIpc) is 2.26. The van der Waals surface area contributed by atoms with Crippen LogP contribution in [0.25, 0.3) is 0 Å². The molecule has 0 aliphatic rings. The summed E-state index contributed by atoms with van der Waals surface area (Å²) >= 11 is 5.73. The van der Waals surface area contributed by atoms with Crippen LogP contribution in [0.5, 0.6) is 0 Å². The fraction of sp³-hybridized carbons (Fsp3) is 0.300. The lowest BCUT2D eigenvalue weighted by atomic mass is 10.2. The summed E-state index contributed by atoms with van der Waals surface area (Å²) in [4.78, 5) is 10.6. The second kappa shape index (κ2) is 6.40. The highest BCUT2D eigenvalue weighted by molar-refractivity contribution is 6.30. The molecule has 0 aliphatic carbocycles. The van der Waals surface area contributed by atoms with Gasteiger partial charge in [0.1, 0.15) is 0 Å². The highest BCUT2D eigenvalue weighted by Gasteiger charge is 1.97. The first kappa shape index (κ1) is 12.0. The van der Waals surface area contributed by atoms with E-state index in [-0.39, 0.29) is 6.42 Å². The largest absolute Gasteiger partial charge is 0.312 e. The summed E-state index contributed by atoms with van der Waals surface area (Å²) < 4.78 is 0. The topological polar surface area (TPSA) is 61.4 Å². The summed E-state index contributed by atoms with van der Waals surface area (Å²) in [5, 5.41) is 12.0.